The second-order valence-electron chi connectivity index (χ2n) is 8.96. The van der Waals surface area contributed by atoms with Crippen molar-refractivity contribution in [2.45, 2.75) is 78.9 Å². The molecule has 0 radical (unpaired) electrons. The van der Waals surface area contributed by atoms with Crippen LogP contribution in [-0.2, 0) is 6.61 Å². The van der Waals surface area contributed by atoms with E-state index in [1.54, 1.807) is 0 Å². The zero-order valence-electron chi connectivity index (χ0n) is 19.4. The van der Waals surface area contributed by atoms with Gasteiger partial charge < -0.3 is 14.9 Å². The van der Waals surface area contributed by atoms with Gasteiger partial charge in [0.05, 0.1) is 6.61 Å². The number of hydrogen-bond donors (Lipinski definition) is 2. The Bertz CT molecular complexity index is 750. The van der Waals surface area contributed by atoms with Crippen molar-refractivity contribution in [2.75, 3.05) is 6.54 Å². The molecule has 2 N–H and O–H groups in total. The van der Waals surface area contributed by atoms with Crippen LogP contribution in [-0.4, -0.2) is 40.0 Å². The Labute approximate surface area is 182 Å². The first-order chi connectivity index (χ1) is 14.2. The second-order valence-corrected chi connectivity index (χ2v) is 8.96. The van der Waals surface area contributed by atoms with Gasteiger partial charge >= 0.3 is 0 Å². The topological polar surface area (TPSA) is 52.9 Å². The average Bonchev–Trinajstić information content (AvgIpc) is 2.71. The van der Waals surface area contributed by atoms with Crippen LogP contribution in [0.4, 0.5) is 0 Å². The number of aliphatic hydroxyl groups is 2. The highest BCUT2D eigenvalue weighted by Crippen LogP contribution is 2.36. The van der Waals surface area contributed by atoms with Gasteiger partial charge in [-0.1, -0.05) is 50.2 Å². The monoisotopic (exact) mass is 413 g/mol. The maximum Gasteiger partial charge on any atom is 0.199 e. The summed E-state index contributed by atoms with van der Waals surface area (Å²) in [7, 11) is 0. The van der Waals surface area contributed by atoms with E-state index in [0.717, 1.165) is 24.1 Å². The summed E-state index contributed by atoms with van der Waals surface area (Å²) in [6.45, 7) is 13.7. The van der Waals surface area contributed by atoms with Gasteiger partial charge in [-0.25, -0.2) is 0 Å². The summed E-state index contributed by atoms with van der Waals surface area (Å²) in [6.07, 6.45) is 0.0478. The molecule has 4 heteroatoms. The Morgan fingerprint density at radius 3 is 2.07 bits per heavy atom. The summed E-state index contributed by atoms with van der Waals surface area (Å²) in [4.78, 5) is 2.50. The maximum atomic E-state index is 10.4. The van der Waals surface area contributed by atoms with E-state index < -0.39 is 6.29 Å². The van der Waals surface area contributed by atoms with Gasteiger partial charge in [-0.05, 0) is 63.9 Å². The molecule has 2 rings (SSSR count). The van der Waals surface area contributed by atoms with Crippen molar-refractivity contribution in [1.82, 2.24) is 4.90 Å². The van der Waals surface area contributed by atoms with Crippen molar-refractivity contribution < 1.29 is 14.9 Å². The predicted molar refractivity (Wildman–Crippen MR) is 124 cm³/mol. The molecule has 0 heterocycles. The van der Waals surface area contributed by atoms with E-state index in [1.807, 2.05) is 38.1 Å². The van der Waals surface area contributed by atoms with Gasteiger partial charge in [0, 0.05) is 29.5 Å². The van der Waals surface area contributed by atoms with E-state index in [0.29, 0.717) is 17.8 Å². The number of aliphatic hydroxyl groups excluding tert-OH is 2. The molecule has 0 aliphatic rings. The lowest BCUT2D eigenvalue weighted by molar-refractivity contribution is -0.0522. The van der Waals surface area contributed by atoms with Gasteiger partial charge in [0.15, 0.2) is 6.29 Å². The van der Waals surface area contributed by atoms with Gasteiger partial charge in [0.1, 0.15) is 5.75 Å². The van der Waals surface area contributed by atoms with Crippen LogP contribution >= 0.6 is 0 Å². The van der Waals surface area contributed by atoms with Crippen LogP contribution < -0.4 is 4.74 Å². The Kier molecular flexibility index (Phi) is 9.35. The molecule has 0 fully saturated rings. The maximum absolute atomic E-state index is 10.4. The fourth-order valence-corrected chi connectivity index (χ4v) is 3.92. The van der Waals surface area contributed by atoms with Crippen LogP contribution in [0.2, 0.25) is 0 Å². The van der Waals surface area contributed by atoms with Crippen molar-refractivity contribution in [2.24, 2.45) is 5.92 Å². The van der Waals surface area contributed by atoms with Gasteiger partial charge in [-0.2, -0.15) is 0 Å². The van der Waals surface area contributed by atoms with E-state index in [4.69, 9.17) is 4.74 Å². The first-order valence-corrected chi connectivity index (χ1v) is 11.1. The molecule has 166 valence electrons. The highest BCUT2D eigenvalue weighted by molar-refractivity contribution is 5.44. The molecule has 0 aliphatic carbocycles. The Hall–Kier alpha value is -1.88. The number of benzene rings is 2. The highest BCUT2D eigenvalue weighted by Gasteiger charge is 2.23. The number of ether oxygens (including phenoxy) is 1. The third kappa shape index (κ3) is 6.56. The van der Waals surface area contributed by atoms with E-state index in [9.17, 15) is 10.2 Å². The fourth-order valence-electron chi connectivity index (χ4n) is 3.92. The molecule has 0 saturated heterocycles. The largest absolute Gasteiger partial charge is 0.465 e. The first-order valence-electron chi connectivity index (χ1n) is 11.1. The summed E-state index contributed by atoms with van der Waals surface area (Å²) in [5, 5.41) is 20.1. The molecule has 0 spiro atoms. The molecule has 0 bridgehead atoms. The predicted octanol–water partition coefficient (Wildman–Crippen LogP) is 5.17. The van der Waals surface area contributed by atoms with E-state index in [2.05, 4.69) is 56.9 Å². The minimum absolute atomic E-state index is 0.0112. The summed E-state index contributed by atoms with van der Waals surface area (Å²) >= 11 is 0. The quantitative estimate of drug-likeness (QED) is 0.499. The third-order valence-corrected chi connectivity index (χ3v) is 5.65. The lowest BCUT2D eigenvalue weighted by Gasteiger charge is -2.32. The van der Waals surface area contributed by atoms with Crippen LogP contribution in [0, 0.1) is 5.92 Å². The molecule has 0 aliphatic heterocycles. The number of rotatable bonds is 11. The van der Waals surface area contributed by atoms with Crippen molar-refractivity contribution in [3.63, 3.8) is 0 Å². The molecular weight excluding hydrogens is 374 g/mol. The molecule has 4 nitrogen and oxygen atoms in total. The van der Waals surface area contributed by atoms with Gasteiger partial charge in [-0.15, -0.1) is 0 Å². The fraction of sp³-hybridized carbons (Fsp3) is 0.538. The molecule has 2 aromatic carbocycles. The summed E-state index contributed by atoms with van der Waals surface area (Å²) in [5.74, 6) is 0.776. The zero-order valence-corrected chi connectivity index (χ0v) is 19.4. The van der Waals surface area contributed by atoms with Crippen LogP contribution in [0.1, 0.15) is 70.6 Å². The molecule has 30 heavy (non-hydrogen) atoms. The zero-order chi connectivity index (χ0) is 22.3. The Balaban J connectivity index is 2.46. The van der Waals surface area contributed by atoms with E-state index in [-0.39, 0.29) is 18.4 Å². The summed E-state index contributed by atoms with van der Waals surface area (Å²) in [5.41, 5.74) is 3.07. The number of hydrogen-bond acceptors (Lipinski definition) is 4. The molecule has 2 aromatic rings. The van der Waals surface area contributed by atoms with Crippen molar-refractivity contribution in [1.29, 1.82) is 0 Å². The van der Waals surface area contributed by atoms with Crippen LogP contribution in [0.15, 0.2) is 48.5 Å². The minimum Gasteiger partial charge on any atom is -0.465 e. The first kappa shape index (κ1) is 24.4. The van der Waals surface area contributed by atoms with Gasteiger partial charge in [-0.3, -0.25) is 4.90 Å². The van der Waals surface area contributed by atoms with E-state index >= 15 is 0 Å². The van der Waals surface area contributed by atoms with Gasteiger partial charge in [0.25, 0.3) is 0 Å². The SMILES string of the molecule is CC(C)[C@H](O)Oc1ccc(CO)cc1C(CCN(C(C)C)C(C)C)c1ccccc1. The standard InChI is InChI=1S/C26H39NO3/c1-18(2)26(29)30-25-13-12-21(17-28)16-24(25)23(22-10-8-7-9-11-22)14-15-27(19(3)4)20(5)6/h7-13,16,18-20,23,26,28-29H,14-15,17H2,1-6H3/t23?,26-/m1/s1. The second kappa shape index (κ2) is 11.5. The lowest BCUT2D eigenvalue weighted by Crippen LogP contribution is -2.38. The third-order valence-electron chi connectivity index (χ3n) is 5.65. The minimum atomic E-state index is -0.872. The van der Waals surface area contributed by atoms with Crippen LogP contribution in [0.3, 0.4) is 0 Å². The molecule has 0 amide bonds. The van der Waals surface area contributed by atoms with Crippen molar-refractivity contribution in [3.8, 4) is 5.75 Å². The Morgan fingerprint density at radius 1 is 0.900 bits per heavy atom. The van der Waals surface area contributed by atoms with Crippen molar-refractivity contribution in [3.05, 3.63) is 65.2 Å². The molecule has 2 atom stereocenters. The van der Waals surface area contributed by atoms with Crippen molar-refractivity contribution >= 4 is 0 Å². The summed E-state index contributed by atoms with van der Waals surface area (Å²) < 4.78 is 5.97. The smallest absolute Gasteiger partial charge is 0.199 e. The highest BCUT2D eigenvalue weighted by atomic mass is 16.6. The lowest BCUT2D eigenvalue weighted by atomic mass is 9.86. The summed E-state index contributed by atoms with van der Waals surface area (Å²) in [6, 6.07) is 17.1. The molecular formula is C26H39NO3. The molecule has 0 aromatic heterocycles. The van der Waals surface area contributed by atoms with Gasteiger partial charge in [0.2, 0.25) is 0 Å². The van der Waals surface area contributed by atoms with Crippen LogP contribution in [0.5, 0.6) is 5.75 Å². The average molecular weight is 414 g/mol. The molecule has 0 saturated carbocycles. The molecule has 1 unspecified atom stereocenters. The normalized spacial score (nSPS) is 14.0. The van der Waals surface area contributed by atoms with Crippen LogP contribution in [0.25, 0.3) is 0 Å². The Morgan fingerprint density at radius 2 is 1.53 bits per heavy atom. The number of nitrogens with zero attached hydrogens (tertiary/aromatic N) is 1. The van der Waals surface area contributed by atoms with E-state index in [1.165, 1.54) is 5.56 Å².